The van der Waals surface area contributed by atoms with E-state index in [1.165, 1.54) is 10.5 Å². The first-order valence-corrected chi connectivity index (χ1v) is 8.43. The van der Waals surface area contributed by atoms with E-state index in [1.807, 2.05) is 18.2 Å². The number of nitrogens with zero attached hydrogens (tertiary/aromatic N) is 1. The molecule has 0 amide bonds. The average molecular weight is 345 g/mol. The molecule has 4 nitrogen and oxygen atoms in total. The average Bonchev–Trinajstić information content (AvgIpc) is 2.54. The van der Waals surface area contributed by atoms with Gasteiger partial charge in [-0.25, -0.2) is 0 Å². The summed E-state index contributed by atoms with van der Waals surface area (Å²) in [6.45, 7) is 2.08. The number of benzene rings is 2. The summed E-state index contributed by atoms with van der Waals surface area (Å²) >= 11 is 6.48. The van der Waals surface area contributed by atoms with E-state index in [0.29, 0.717) is 0 Å². The van der Waals surface area contributed by atoms with Gasteiger partial charge in [0.2, 0.25) is 0 Å². The van der Waals surface area contributed by atoms with Crippen LogP contribution in [0.1, 0.15) is 16.7 Å². The molecule has 0 aliphatic rings. The van der Waals surface area contributed by atoms with Crippen LogP contribution in [0.2, 0.25) is 0 Å². The number of rotatable bonds is 6. The fourth-order valence-corrected chi connectivity index (χ4v) is 2.89. The van der Waals surface area contributed by atoms with Crippen LogP contribution in [0.4, 0.5) is 0 Å². The van der Waals surface area contributed by atoms with E-state index in [1.54, 1.807) is 25.1 Å². The van der Waals surface area contributed by atoms with Crippen molar-refractivity contribution in [2.45, 2.75) is 17.6 Å². The molecule has 6 heteroatoms. The highest BCUT2D eigenvalue weighted by atomic mass is 32.2. The summed E-state index contributed by atoms with van der Waals surface area (Å²) < 4.78 is 5.44. The number of thioether (sulfide) groups is 1. The summed E-state index contributed by atoms with van der Waals surface area (Å²) in [6.07, 6.45) is 1.68. The highest BCUT2D eigenvalue weighted by molar-refractivity contribution is 7.98. The van der Waals surface area contributed by atoms with Crippen LogP contribution >= 0.6 is 24.0 Å². The van der Waals surface area contributed by atoms with E-state index in [2.05, 4.69) is 41.7 Å². The fourth-order valence-electron chi connectivity index (χ4n) is 1.96. The van der Waals surface area contributed by atoms with Crippen molar-refractivity contribution < 1.29 is 4.74 Å². The van der Waals surface area contributed by atoms with E-state index in [-0.39, 0.29) is 5.11 Å². The van der Waals surface area contributed by atoms with E-state index < -0.39 is 0 Å². The minimum absolute atomic E-state index is 0.143. The summed E-state index contributed by atoms with van der Waals surface area (Å²) in [5.41, 5.74) is 11.2. The Bertz CT molecular complexity index is 699. The summed E-state index contributed by atoms with van der Waals surface area (Å²) in [4.78, 5) is 1.23. The molecule has 2 rings (SSSR count). The van der Waals surface area contributed by atoms with Gasteiger partial charge in [-0.05, 0) is 55.0 Å². The number of nitrogens with two attached hydrogens (primary N) is 1. The van der Waals surface area contributed by atoms with Crippen LogP contribution in [0, 0.1) is 6.92 Å². The van der Waals surface area contributed by atoms with Gasteiger partial charge in [0, 0.05) is 16.2 Å². The lowest BCUT2D eigenvalue weighted by atomic mass is 10.1. The van der Waals surface area contributed by atoms with Crippen LogP contribution in [-0.4, -0.2) is 18.4 Å². The lowest BCUT2D eigenvalue weighted by Crippen LogP contribution is -2.23. The third-order valence-electron chi connectivity index (χ3n) is 3.11. The SMILES string of the molecule is COc1ccc(C=NNC(N)=S)cc1CSc1ccc(C)cc1. The molecule has 0 saturated heterocycles. The predicted molar refractivity (Wildman–Crippen MR) is 101 cm³/mol. The number of hydrogen-bond acceptors (Lipinski definition) is 4. The van der Waals surface area contributed by atoms with Crippen molar-refractivity contribution in [3.63, 3.8) is 0 Å². The molecule has 0 radical (unpaired) electrons. The second-order valence-electron chi connectivity index (χ2n) is 4.91. The minimum Gasteiger partial charge on any atom is -0.496 e. The van der Waals surface area contributed by atoms with Crippen LogP contribution in [0.15, 0.2) is 52.5 Å². The Morgan fingerprint density at radius 1 is 1.30 bits per heavy atom. The Morgan fingerprint density at radius 2 is 2.04 bits per heavy atom. The standard InChI is InChI=1S/C17H19N3OS2/c1-12-3-6-15(7-4-12)23-11-14-9-13(5-8-16(14)21-2)10-19-20-17(18)22/h3-10H,11H2,1-2H3,(H3,18,20,22). The Kier molecular flexibility index (Phi) is 6.43. The Labute approximate surface area is 146 Å². The van der Waals surface area contributed by atoms with Crippen LogP contribution in [-0.2, 0) is 5.75 Å². The van der Waals surface area contributed by atoms with Gasteiger partial charge in [-0.3, -0.25) is 5.43 Å². The molecule has 23 heavy (non-hydrogen) atoms. The van der Waals surface area contributed by atoms with E-state index in [0.717, 1.165) is 22.6 Å². The summed E-state index contributed by atoms with van der Waals surface area (Å²) in [6, 6.07) is 14.4. The second kappa shape index (κ2) is 8.55. The molecule has 0 heterocycles. The highest BCUT2D eigenvalue weighted by Gasteiger charge is 2.05. The van der Waals surface area contributed by atoms with Gasteiger partial charge in [0.25, 0.3) is 0 Å². The molecule has 0 spiro atoms. The van der Waals surface area contributed by atoms with Crippen molar-refractivity contribution in [1.82, 2.24) is 5.43 Å². The van der Waals surface area contributed by atoms with Crippen LogP contribution in [0.3, 0.4) is 0 Å². The molecule has 120 valence electrons. The highest BCUT2D eigenvalue weighted by Crippen LogP contribution is 2.28. The van der Waals surface area contributed by atoms with Crippen molar-refractivity contribution >= 4 is 35.3 Å². The van der Waals surface area contributed by atoms with Gasteiger partial charge in [0.05, 0.1) is 13.3 Å². The van der Waals surface area contributed by atoms with E-state index >= 15 is 0 Å². The molecule has 0 fully saturated rings. The van der Waals surface area contributed by atoms with E-state index in [9.17, 15) is 0 Å². The Morgan fingerprint density at radius 3 is 2.70 bits per heavy atom. The first-order chi connectivity index (χ1) is 11.1. The molecule has 2 aromatic rings. The van der Waals surface area contributed by atoms with E-state index in [4.69, 9.17) is 22.7 Å². The minimum atomic E-state index is 0.143. The molecule has 0 atom stereocenters. The zero-order valence-corrected chi connectivity index (χ0v) is 14.7. The van der Waals surface area contributed by atoms with Gasteiger partial charge in [0.15, 0.2) is 5.11 Å². The molecule has 0 aromatic heterocycles. The fraction of sp³-hybridized carbons (Fsp3) is 0.176. The number of ether oxygens (including phenoxy) is 1. The second-order valence-corrected chi connectivity index (χ2v) is 6.40. The first kappa shape index (κ1) is 17.3. The number of hydrazone groups is 1. The van der Waals surface area contributed by atoms with Gasteiger partial charge in [-0.1, -0.05) is 17.7 Å². The molecule has 3 N–H and O–H groups in total. The number of thiocarbonyl (C=S) groups is 1. The zero-order valence-electron chi connectivity index (χ0n) is 13.1. The smallest absolute Gasteiger partial charge is 0.184 e. The van der Waals surface area contributed by atoms with Crippen molar-refractivity contribution in [1.29, 1.82) is 0 Å². The lowest BCUT2D eigenvalue weighted by molar-refractivity contribution is 0.411. The molecular formula is C17H19N3OS2. The van der Waals surface area contributed by atoms with Crippen LogP contribution in [0.5, 0.6) is 5.75 Å². The van der Waals surface area contributed by atoms with Gasteiger partial charge < -0.3 is 10.5 Å². The first-order valence-electron chi connectivity index (χ1n) is 7.03. The Hall–Kier alpha value is -2.05. The normalized spacial score (nSPS) is 10.7. The topological polar surface area (TPSA) is 59.6 Å². The molecule has 0 unspecified atom stereocenters. The third-order valence-corrected chi connectivity index (χ3v) is 4.26. The molecule has 0 saturated carbocycles. The molecule has 0 aliphatic heterocycles. The zero-order chi connectivity index (χ0) is 16.7. The number of methoxy groups -OCH3 is 1. The number of nitrogens with one attached hydrogen (secondary N) is 1. The van der Waals surface area contributed by atoms with Crippen LogP contribution in [0.25, 0.3) is 0 Å². The largest absolute Gasteiger partial charge is 0.496 e. The maximum Gasteiger partial charge on any atom is 0.184 e. The molecule has 0 bridgehead atoms. The number of aryl methyl sites for hydroxylation is 1. The summed E-state index contributed by atoms with van der Waals surface area (Å²) in [5, 5.41) is 4.12. The molecule has 0 aliphatic carbocycles. The van der Waals surface area contributed by atoms with Gasteiger partial charge in [0.1, 0.15) is 5.75 Å². The number of hydrogen-bond donors (Lipinski definition) is 2. The quantitative estimate of drug-likeness (QED) is 0.363. The van der Waals surface area contributed by atoms with Crippen molar-refractivity contribution in [2.75, 3.05) is 7.11 Å². The molecular weight excluding hydrogens is 326 g/mol. The maximum atomic E-state index is 5.44. The van der Waals surface area contributed by atoms with Crippen LogP contribution < -0.4 is 15.9 Å². The monoisotopic (exact) mass is 345 g/mol. The summed E-state index contributed by atoms with van der Waals surface area (Å²) in [5.74, 6) is 1.68. The van der Waals surface area contributed by atoms with Crippen molar-refractivity contribution in [3.05, 3.63) is 59.2 Å². The third kappa shape index (κ3) is 5.58. The van der Waals surface area contributed by atoms with Crippen molar-refractivity contribution in [2.24, 2.45) is 10.8 Å². The summed E-state index contributed by atoms with van der Waals surface area (Å²) in [7, 11) is 1.68. The Balaban J connectivity index is 2.10. The van der Waals surface area contributed by atoms with Crippen molar-refractivity contribution in [3.8, 4) is 5.75 Å². The van der Waals surface area contributed by atoms with Gasteiger partial charge in [-0.2, -0.15) is 5.10 Å². The maximum absolute atomic E-state index is 5.44. The lowest BCUT2D eigenvalue weighted by Gasteiger charge is -2.09. The van der Waals surface area contributed by atoms with Gasteiger partial charge in [-0.15, -0.1) is 11.8 Å². The predicted octanol–water partition coefficient (Wildman–Crippen LogP) is 3.46. The van der Waals surface area contributed by atoms with Gasteiger partial charge >= 0.3 is 0 Å². The molecule has 2 aromatic carbocycles.